The summed E-state index contributed by atoms with van der Waals surface area (Å²) < 4.78 is 5.87. The molecular formula is C22H26N2O2. The quantitative estimate of drug-likeness (QED) is 0.711. The summed E-state index contributed by atoms with van der Waals surface area (Å²) in [6, 6.07) is 18.7. The van der Waals surface area contributed by atoms with Crippen molar-refractivity contribution in [3.63, 3.8) is 0 Å². The van der Waals surface area contributed by atoms with E-state index in [-0.39, 0.29) is 0 Å². The number of β-amino-alcohol motifs (C(OH)–C–C–N with tert-alkyl or cyclic N) is 1. The molecule has 1 aliphatic heterocycles. The average molecular weight is 350 g/mol. The maximum Gasteiger partial charge on any atom is 0.128 e. The molecule has 26 heavy (non-hydrogen) atoms. The Morgan fingerprint density at radius 1 is 1.04 bits per heavy atom. The van der Waals surface area contributed by atoms with Crippen molar-refractivity contribution in [3.8, 4) is 5.75 Å². The number of hydrogen-bond donors (Lipinski definition) is 2. The number of nitrogens with zero attached hydrogens (tertiary/aromatic N) is 1. The van der Waals surface area contributed by atoms with Crippen molar-refractivity contribution in [3.05, 3.63) is 66.4 Å². The molecule has 0 aliphatic carbocycles. The number of rotatable bonds is 6. The van der Waals surface area contributed by atoms with Gasteiger partial charge >= 0.3 is 0 Å². The van der Waals surface area contributed by atoms with Crippen molar-refractivity contribution in [1.82, 2.24) is 9.88 Å². The zero-order valence-electron chi connectivity index (χ0n) is 15.0. The van der Waals surface area contributed by atoms with E-state index >= 15 is 0 Å². The topological polar surface area (TPSA) is 48.5 Å². The molecule has 1 aromatic heterocycles. The van der Waals surface area contributed by atoms with Gasteiger partial charge in [0.05, 0.1) is 0 Å². The Hall–Kier alpha value is -2.30. The molecule has 2 N–H and O–H groups in total. The van der Waals surface area contributed by atoms with E-state index in [4.69, 9.17) is 4.74 Å². The highest BCUT2D eigenvalue weighted by Gasteiger charge is 2.22. The second-order valence-electron chi connectivity index (χ2n) is 7.15. The predicted octanol–water partition coefficient (Wildman–Crippen LogP) is 3.79. The minimum atomic E-state index is -0.475. The van der Waals surface area contributed by atoms with Crippen LogP contribution in [0.1, 0.15) is 24.3 Å². The highest BCUT2D eigenvalue weighted by molar-refractivity contribution is 5.85. The van der Waals surface area contributed by atoms with Gasteiger partial charge in [-0.2, -0.15) is 0 Å². The van der Waals surface area contributed by atoms with Crippen LogP contribution in [0.4, 0.5) is 0 Å². The molecule has 0 unspecified atom stereocenters. The molecule has 1 saturated heterocycles. The number of hydrogen-bond acceptors (Lipinski definition) is 3. The van der Waals surface area contributed by atoms with Crippen molar-refractivity contribution < 1.29 is 9.84 Å². The third kappa shape index (κ3) is 3.92. The number of ether oxygens (including phenoxy) is 1. The van der Waals surface area contributed by atoms with Gasteiger partial charge in [-0.3, -0.25) is 0 Å². The first-order valence-corrected chi connectivity index (χ1v) is 9.44. The highest BCUT2D eigenvalue weighted by atomic mass is 16.5. The maximum atomic E-state index is 10.4. The molecule has 2 heterocycles. The summed E-state index contributed by atoms with van der Waals surface area (Å²) in [5.74, 6) is 1.47. The summed E-state index contributed by atoms with van der Waals surface area (Å²) in [5.41, 5.74) is 2.50. The second-order valence-corrected chi connectivity index (χ2v) is 7.15. The van der Waals surface area contributed by atoms with E-state index in [1.807, 2.05) is 30.5 Å². The van der Waals surface area contributed by atoms with E-state index in [1.54, 1.807) is 0 Å². The number of aromatic amines is 1. The van der Waals surface area contributed by atoms with Crippen LogP contribution in [-0.4, -0.2) is 47.3 Å². The molecule has 136 valence electrons. The van der Waals surface area contributed by atoms with Crippen LogP contribution in [-0.2, 0) is 0 Å². The number of piperidine rings is 1. The Morgan fingerprint density at radius 2 is 1.85 bits per heavy atom. The largest absolute Gasteiger partial charge is 0.490 e. The van der Waals surface area contributed by atoms with E-state index < -0.39 is 6.10 Å². The van der Waals surface area contributed by atoms with Crippen molar-refractivity contribution in [2.24, 2.45) is 0 Å². The first-order valence-electron chi connectivity index (χ1n) is 9.44. The van der Waals surface area contributed by atoms with E-state index in [9.17, 15) is 5.11 Å². The third-order valence-electron chi connectivity index (χ3n) is 5.31. The Labute approximate surface area is 154 Å². The van der Waals surface area contributed by atoms with Crippen LogP contribution in [0.15, 0.2) is 60.8 Å². The van der Waals surface area contributed by atoms with Gasteiger partial charge in [-0.25, -0.2) is 0 Å². The molecule has 1 fully saturated rings. The number of aliphatic hydroxyl groups is 1. The number of nitrogens with one attached hydrogen (secondary N) is 1. The molecule has 4 rings (SSSR count). The van der Waals surface area contributed by atoms with Crippen molar-refractivity contribution >= 4 is 10.9 Å². The molecule has 4 nitrogen and oxygen atoms in total. The van der Waals surface area contributed by atoms with Crippen LogP contribution >= 0.6 is 0 Å². The zero-order chi connectivity index (χ0) is 17.8. The number of benzene rings is 2. The van der Waals surface area contributed by atoms with Gasteiger partial charge in [0, 0.05) is 23.6 Å². The highest BCUT2D eigenvalue weighted by Crippen LogP contribution is 2.28. The average Bonchev–Trinajstić information content (AvgIpc) is 3.17. The van der Waals surface area contributed by atoms with Crippen molar-refractivity contribution in [2.75, 3.05) is 26.2 Å². The van der Waals surface area contributed by atoms with Gasteiger partial charge in [0.1, 0.15) is 18.5 Å². The van der Waals surface area contributed by atoms with Gasteiger partial charge in [0.2, 0.25) is 0 Å². The first-order chi connectivity index (χ1) is 12.8. The second kappa shape index (κ2) is 7.94. The van der Waals surface area contributed by atoms with Gasteiger partial charge in [0.25, 0.3) is 0 Å². The number of aliphatic hydroxyl groups excluding tert-OH is 1. The van der Waals surface area contributed by atoms with E-state index in [2.05, 4.69) is 40.2 Å². The molecule has 0 saturated carbocycles. The lowest BCUT2D eigenvalue weighted by atomic mass is 9.89. The van der Waals surface area contributed by atoms with Crippen LogP contribution in [0.25, 0.3) is 10.9 Å². The molecule has 0 spiro atoms. The minimum Gasteiger partial charge on any atom is -0.490 e. The van der Waals surface area contributed by atoms with E-state index in [1.165, 1.54) is 5.56 Å². The number of aromatic nitrogens is 1. The minimum absolute atomic E-state index is 0.322. The smallest absolute Gasteiger partial charge is 0.128 e. The van der Waals surface area contributed by atoms with Crippen molar-refractivity contribution in [1.29, 1.82) is 0 Å². The Morgan fingerprint density at radius 3 is 2.65 bits per heavy atom. The summed E-state index contributed by atoms with van der Waals surface area (Å²) in [6.45, 7) is 3.06. The molecule has 3 aromatic rings. The summed E-state index contributed by atoms with van der Waals surface area (Å²) in [4.78, 5) is 5.53. The molecular weight excluding hydrogens is 324 g/mol. The van der Waals surface area contributed by atoms with E-state index in [0.717, 1.165) is 42.6 Å². The van der Waals surface area contributed by atoms with Gasteiger partial charge in [-0.15, -0.1) is 0 Å². The van der Waals surface area contributed by atoms with Crippen LogP contribution < -0.4 is 4.74 Å². The van der Waals surface area contributed by atoms with Crippen LogP contribution in [0.2, 0.25) is 0 Å². The number of likely N-dealkylation sites (tertiary alicyclic amines) is 1. The lowest BCUT2D eigenvalue weighted by molar-refractivity contribution is 0.0599. The van der Waals surface area contributed by atoms with Gasteiger partial charge in [-0.05, 0) is 55.6 Å². The normalized spacial score (nSPS) is 17.4. The van der Waals surface area contributed by atoms with Gasteiger partial charge < -0.3 is 19.7 Å². The molecule has 4 heteroatoms. The lowest BCUT2D eigenvalue weighted by Gasteiger charge is -2.33. The van der Waals surface area contributed by atoms with Crippen LogP contribution in [0.5, 0.6) is 5.75 Å². The van der Waals surface area contributed by atoms with Crippen LogP contribution in [0, 0.1) is 0 Å². The van der Waals surface area contributed by atoms with Crippen molar-refractivity contribution in [2.45, 2.75) is 24.9 Å². The third-order valence-corrected chi connectivity index (χ3v) is 5.31. The maximum absolute atomic E-state index is 10.4. The summed E-state index contributed by atoms with van der Waals surface area (Å²) in [5, 5.41) is 11.5. The summed E-state index contributed by atoms with van der Waals surface area (Å²) >= 11 is 0. The fraction of sp³-hybridized carbons (Fsp3) is 0.364. The Kier molecular flexibility index (Phi) is 5.23. The predicted molar refractivity (Wildman–Crippen MR) is 105 cm³/mol. The molecule has 2 aromatic carbocycles. The lowest BCUT2D eigenvalue weighted by Crippen LogP contribution is -2.40. The number of fused-ring (bicyclic) bond motifs is 1. The monoisotopic (exact) mass is 350 g/mol. The zero-order valence-corrected chi connectivity index (χ0v) is 15.0. The fourth-order valence-electron chi connectivity index (χ4n) is 3.89. The van der Waals surface area contributed by atoms with E-state index in [0.29, 0.717) is 19.1 Å². The SMILES string of the molecule is O[C@H](COc1cccc2[nH]ccc12)CN1CCC(c2ccccc2)CC1. The molecule has 1 aliphatic rings. The number of H-pyrrole nitrogens is 1. The fourth-order valence-corrected chi connectivity index (χ4v) is 3.89. The summed E-state index contributed by atoms with van der Waals surface area (Å²) in [6.07, 6.45) is 3.74. The van der Waals surface area contributed by atoms with Gasteiger partial charge in [0.15, 0.2) is 0 Å². The Balaban J connectivity index is 1.25. The Bertz CT molecular complexity index is 822. The van der Waals surface area contributed by atoms with Gasteiger partial charge in [-0.1, -0.05) is 36.4 Å². The van der Waals surface area contributed by atoms with Crippen LogP contribution in [0.3, 0.4) is 0 Å². The molecule has 1 atom stereocenters. The standard InChI is InChI=1S/C22H26N2O2/c25-19(16-26-22-8-4-7-21-20(22)9-12-23-21)15-24-13-10-18(11-14-24)17-5-2-1-3-6-17/h1-9,12,18-19,23,25H,10-11,13-16H2/t19-/m0/s1. The summed E-state index contributed by atoms with van der Waals surface area (Å²) in [7, 11) is 0. The molecule has 0 radical (unpaired) electrons. The molecule has 0 bridgehead atoms. The first kappa shape index (κ1) is 17.1. The molecule has 0 amide bonds.